The maximum Gasteiger partial charge on any atom is 0.159 e. The first-order chi connectivity index (χ1) is 7.54. The van der Waals surface area contributed by atoms with Crippen LogP contribution in [0.25, 0.3) is 0 Å². The van der Waals surface area contributed by atoms with E-state index >= 15 is 0 Å². The molecule has 0 aliphatic rings. The molecule has 16 heavy (non-hydrogen) atoms. The smallest absolute Gasteiger partial charge is 0.159 e. The van der Waals surface area contributed by atoms with Crippen LogP contribution in [0.15, 0.2) is 18.2 Å². The standard InChI is InChI=1S/C12H16ClF2N/c1-8(2)12(6-13)16-7-9-3-4-10(14)11(15)5-9/h3-5,8,12,16H,6-7H2,1-2H3. The highest BCUT2D eigenvalue weighted by atomic mass is 35.5. The molecule has 1 N–H and O–H groups in total. The van der Waals surface area contributed by atoms with Gasteiger partial charge in [0.05, 0.1) is 0 Å². The average molecular weight is 248 g/mol. The molecule has 1 nitrogen and oxygen atoms in total. The zero-order valence-electron chi connectivity index (χ0n) is 9.43. The van der Waals surface area contributed by atoms with Crippen LogP contribution in [0.4, 0.5) is 8.78 Å². The van der Waals surface area contributed by atoms with Crippen molar-refractivity contribution in [3.63, 3.8) is 0 Å². The summed E-state index contributed by atoms with van der Waals surface area (Å²) in [4.78, 5) is 0. The predicted octanol–water partition coefficient (Wildman–Crippen LogP) is 3.32. The van der Waals surface area contributed by atoms with E-state index in [4.69, 9.17) is 11.6 Å². The molecule has 0 saturated heterocycles. The van der Waals surface area contributed by atoms with E-state index in [0.29, 0.717) is 18.3 Å². The van der Waals surface area contributed by atoms with E-state index in [0.717, 1.165) is 11.6 Å². The van der Waals surface area contributed by atoms with Crippen molar-refractivity contribution in [2.45, 2.75) is 26.4 Å². The van der Waals surface area contributed by atoms with Gasteiger partial charge in [0.25, 0.3) is 0 Å². The molecule has 90 valence electrons. The molecule has 0 amide bonds. The Morgan fingerprint density at radius 2 is 1.94 bits per heavy atom. The molecule has 0 saturated carbocycles. The van der Waals surface area contributed by atoms with E-state index in [2.05, 4.69) is 19.2 Å². The van der Waals surface area contributed by atoms with Crippen molar-refractivity contribution in [3.05, 3.63) is 35.4 Å². The van der Waals surface area contributed by atoms with Crippen molar-refractivity contribution in [3.8, 4) is 0 Å². The van der Waals surface area contributed by atoms with Crippen molar-refractivity contribution >= 4 is 11.6 Å². The highest BCUT2D eigenvalue weighted by molar-refractivity contribution is 6.18. The molecule has 1 rings (SSSR count). The van der Waals surface area contributed by atoms with Gasteiger partial charge in [0.1, 0.15) is 0 Å². The molecule has 1 aromatic rings. The van der Waals surface area contributed by atoms with Crippen molar-refractivity contribution in [2.75, 3.05) is 5.88 Å². The Labute approximate surface area is 99.8 Å². The molecule has 0 aromatic heterocycles. The molecule has 4 heteroatoms. The molecule has 0 aliphatic carbocycles. The number of benzene rings is 1. The summed E-state index contributed by atoms with van der Waals surface area (Å²) in [6, 6.07) is 4.08. The fraction of sp³-hybridized carbons (Fsp3) is 0.500. The molecule has 1 atom stereocenters. The summed E-state index contributed by atoms with van der Waals surface area (Å²) in [5, 5.41) is 3.21. The minimum atomic E-state index is -0.818. The van der Waals surface area contributed by atoms with Gasteiger partial charge in [-0.15, -0.1) is 11.6 Å². The topological polar surface area (TPSA) is 12.0 Å². The number of hydrogen-bond donors (Lipinski definition) is 1. The average Bonchev–Trinajstić information content (AvgIpc) is 2.23. The van der Waals surface area contributed by atoms with Crippen LogP contribution in [0.5, 0.6) is 0 Å². The molecule has 0 radical (unpaired) electrons. The first kappa shape index (κ1) is 13.4. The molecule has 0 heterocycles. The fourth-order valence-corrected chi connectivity index (χ4v) is 1.83. The third-order valence-corrected chi connectivity index (χ3v) is 2.86. The van der Waals surface area contributed by atoms with Gasteiger partial charge in [-0.2, -0.15) is 0 Å². The number of alkyl halides is 1. The Hall–Kier alpha value is -0.670. The molecule has 1 aromatic carbocycles. The lowest BCUT2D eigenvalue weighted by molar-refractivity contribution is 0.429. The van der Waals surface area contributed by atoms with Gasteiger partial charge in [0.2, 0.25) is 0 Å². The van der Waals surface area contributed by atoms with E-state index in [9.17, 15) is 8.78 Å². The van der Waals surface area contributed by atoms with Crippen LogP contribution in [0.1, 0.15) is 19.4 Å². The maximum absolute atomic E-state index is 12.9. The Morgan fingerprint density at radius 1 is 1.25 bits per heavy atom. The zero-order valence-corrected chi connectivity index (χ0v) is 10.2. The molecule has 1 unspecified atom stereocenters. The Bertz CT molecular complexity index is 342. The summed E-state index contributed by atoms with van der Waals surface area (Å²) in [5.74, 6) is -0.725. The van der Waals surface area contributed by atoms with Crippen LogP contribution < -0.4 is 5.32 Å². The predicted molar refractivity (Wildman–Crippen MR) is 62.5 cm³/mol. The summed E-state index contributed by atoms with van der Waals surface area (Å²) < 4.78 is 25.6. The van der Waals surface area contributed by atoms with E-state index < -0.39 is 11.6 Å². The second-order valence-corrected chi connectivity index (χ2v) is 4.44. The van der Waals surface area contributed by atoms with Gasteiger partial charge in [0.15, 0.2) is 11.6 Å². The van der Waals surface area contributed by atoms with Gasteiger partial charge < -0.3 is 5.32 Å². The number of nitrogens with one attached hydrogen (secondary N) is 1. The normalized spacial score (nSPS) is 13.1. The summed E-state index contributed by atoms with van der Waals surface area (Å²) in [5.41, 5.74) is 0.717. The van der Waals surface area contributed by atoms with Crippen molar-refractivity contribution in [1.82, 2.24) is 5.32 Å². The van der Waals surface area contributed by atoms with E-state index in [1.54, 1.807) is 6.07 Å². The summed E-state index contributed by atoms with van der Waals surface area (Å²) in [6.07, 6.45) is 0. The van der Waals surface area contributed by atoms with Crippen molar-refractivity contribution in [1.29, 1.82) is 0 Å². The Morgan fingerprint density at radius 3 is 2.44 bits per heavy atom. The molecular formula is C12H16ClF2N. The monoisotopic (exact) mass is 247 g/mol. The highest BCUT2D eigenvalue weighted by Crippen LogP contribution is 2.10. The largest absolute Gasteiger partial charge is 0.308 e. The third-order valence-electron chi connectivity index (χ3n) is 2.52. The lowest BCUT2D eigenvalue weighted by Crippen LogP contribution is -2.34. The van der Waals surface area contributed by atoms with Gasteiger partial charge >= 0.3 is 0 Å². The van der Waals surface area contributed by atoms with Crippen LogP contribution in [-0.4, -0.2) is 11.9 Å². The zero-order chi connectivity index (χ0) is 12.1. The van der Waals surface area contributed by atoms with Crippen LogP contribution in [-0.2, 0) is 6.54 Å². The summed E-state index contributed by atoms with van der Waals surface area (Å²) in [6.45, 7) is 4.61. The molecule has 0 aliphatic heterocycles. The molecular weight excluding hydrogens is 232 g/mol. The third kappa shape index (κ3) is 3.72. The second-order valence-electron chi connectivity index (χ2n) is 4.13. The van der Waals surface area contributed by atoms with Gasteiger partial charge in [-0.05, 0) is 23.6 Å². The molecule has 0 bridgehead atoms. The van der Waals surface area contributed by atoms with E-state index in [1.165, 1.54) is 6.07 Å². The minimum absolute atomic E-state index is 0.176. The number of rotatable bonds is 5. The van der Waals surface area contributed by atoms with Crippen LogP contribution in [0.2, 0.25) is 0 Å². The van der Waals surface area contributed by atoms with Gasteiger partial charge in [-0.1, -0.05) is 19.9 Å². The van der Waals surface area contributed by atoms with E-state index in [-0.39, 0.29) is 6.04 Å². The molecule has 0 spiro atoms. The lowest BCUT2D eigenvalue weighted by Gasteiger charge is -2.19. The van der Waals surface area contributed by atoms with Gasteiger partial charge in [0, 0.05) is 18.5 Å². The highest BCUT2D eigenvalue weighted by Gasteiger charge is 2.11. The Kier molecular flexibility index (Phi) is 5.16. The summed E-state index contributed by atoms with van der Waals surface area (Å²) in [7, 11) is 0. The fourth-order valence-electron chi connectivity index (χ4n) is 1.37. The quantitative estimate of drug-likeness (QED) is 0.787. The van der Waals surface area contributed by atoms with Crippen LogP contribution >= 0.6 is 11.6 Å². The van der Waals surface area contributed by atoms with Crippen LogP contribution in [0, 0.1) is 17.6 Å². The number of hydrogen-bond acceptors (Lipinski definition) is 1. The SMILES string of the molecule is CC(C)C(CCl)NCc1ccc(F)c(F)c1. The Balaban J connectivity index is 2.57. The molecule has 0 fully saturated rings. The second kappa shape index (κ2) is 6.16. The minimum Gasteiger partial charge on any atom is -0.308 e. The summed E-state index contributed by atoms with van der Waals surface area (Å²) >= 11 is 5.79. The first-order valence-electron chi connectivity index (χ1n) is 5.28. The van der Waals surface area contributed by atoms with Crippen LogP contribution in [0.3, 0.4) is 0 Å². The number of halogens is 3. The van der Waals surface area contributed by atoms with Gasteiger partial charge in [-0.25, -0.2) is 8.78 Å². The van der Waals surface area contributed by atoms with Crippen molar-refractivity contribution < 1.29 is 8.78 Å². The van der Waals surface area contributed by atoms with Gasteiger partial charge in [-0.3, -0.25) is 0 Å². The van der Waals surface area contributed by atoms with E-state index in [1.807, 2.05) is 0 Å². The lowest BCUT2D eigenvalue weighted by atomic mass is 10.1. The maximum atomic E-state index is 12.9. The first-order valence-corrected chi connectivity index (χ1v) is 5.81. The van der Waals surface area contributed by atoms with Crippen molar-refractivity contribution in [2.24, 2.45) is 5.92 Å².